The number of ketones is 1. The van der Waals surface area contributed by atoms with Gasteiger partial charge >= 0.3 is 5.97 Å². The molecule has 0 fully saturated rings. The first kappa shape index (κ1) is 20.8. The predicted molar refractivity (Wildman–Crippen MR) is 105 cm³/mol. The van der Waals surface area contributed by atoms with Crippen molar-refractivity contribution in [1.29, 1.82) is 0 Å². The number of benzene rings is 2. The number of ether oxygens (including phenoxy) is 1. The molecule has 0 amide bonds. The number of carbonyl (C=O) groups is 2. The molecular formula is C22H27NO4. The summed E-state index contributed by atoms with van der Waals surface area (Å²) in [4.78, 5) is 26.1. The molecule has 0 atom stereocenters. The van der Waals surface area contributed by atoms with E-state index < -0.39 is 5.97 Å². The lowest BCUT2D eigenvalue weighted by atomic mass is 10.0. The first-order chi connectivity index (χ1) is 12.7. The Kier molecular flexibility index (Phi) is 6.88. The van der Waals surface area contributed by atoms with Gasteiger partial charge in [-0.1, -0.05) is 30.3 Å². The Morgan fingerprint density at radius 3 is 2.30 bits per heavy atom. The van der Waals surface area contributed by atoms with Crippen molar-refractivity contribution in [1.82, 2.24) is 4.90 Å². The SMILES string of the molecule is CC(=O)Oc1ccc(C(=O)CN(Cc2ccccc2)C(C)(C)C)cc1CO. The summed E-state index contributed by atoms with van der Waals surface area (Å²) in [6.07, 6.45) is 0. The topological polar surface area (TPSA) is 66.8 Å². The van der Waals surface area contributed by atoms with Gasteiger partial charge in [-0.3, -0.25) is 14.5 Å². The molecule has 0 heterocycles. The number of Topliss-reactive ketones (excluding diaryl/α,β-unsaturated/α-hetero) is 1. The van der Waals surface area contributed by atoms with Crippen LogP contribution in [0.3, 0.4) is 0 Å². The lowest BCUT2D eigenvalue weighted by molar-refractivity contribution is -0.131. The predicted octanol–water partition coefficient (Wildman–Crippen LogP) is 3.59. The third-order valence-corrected chi connectivity index (χ3v) is 4.31. The van der Waals surface area contributed by atoms with Crippen molar-refractivity contribution in [3.05, 3.63) is 65.2 Å². The fourth-order valence-electron chi connectivity index (χ4n) is 2.73. The molecule has 0 unspecified atom stereocenters. The average molecular weight is 369 g/mol. The van der Waals surface area contributed by atoms with Crippen LogP contribution in [0.4, 0.5) is 0 Å². The third kappa shape index (κ3) is 6.01. The van der Waals surface area contributed by atoms with Gasteiger partial charge in [-0.25, -0.2) is 0 Å². The highest BCUT2D eigenvalue weighted by Crippen LogP contribution is 2.23. The average Bonchev–Trinajstić information content (AvgIpc) is 2.61. The van der Waals surface area contributed by atoms with Gasteiger partial charge in [-0.15, -0.1) is 0 Å². The van der Waals surface area contributed by atoms with Crippen LogP contribution in [0, 0.1) is 0 Å². The summed E-state index contributed by atoms with van der Waals surface area (Å²) in [7, 11) is 0. The van der Waals surface area contributed by atoms with Gasteiger partial charge in [0, 0.05) is 30.1 Å². The molecule has 0 radical (unpaired) electrons. The lowest BCUT2D eigenvalue weighted by Gasteiger charge is -2.35. The van der Waals surface area contributed by atoms with E-state index in [0.717, 1.165) is 5.56 Å². The van der Waals surface area contributed by atoms with Crippen molar-refractivity contribution in [3.63, 3.8) is 0 Å². The molecule has 2 rings (SSSR count). The Balaban J connectivity index is 2.20. The van der Waals surface area contributed by atoms with E-state index in [9.17, 15) is 14.7 Å². The molecule has 0 aromatic heterocycles. The summed E-state index contributed by atoms with van der Waals surface area (Å²) in [5, 5.41) is 9.53. The Bertz CT molecular complexity index is 794. The van der Waals surface area contributed by atoms with E-state index >= 15 is 0 Å². The first-order valence-electron chi connectivity index (χ1n) is 8.95. The maximum atomic E-state index is 12.9. The molecule has 0 aliphatic heterocycles. The smallest absolute Gasteiger partial charge is 0.308 e. The zero-order valence-electron chi connectivity index (χ0n) is 16.4. The van der Waals surface area contributed by atoms with Crippen LogP contribution in [0.1, 0.15) is 49.2 Å². The van der Waals surface area contributed by atoms with E-state index in [-0.39, 0.29) is 30.2 Å². The summed E-state index contributed by atoms with van der Waals surface area (Å²) < 4.78 is 5.06. The summed E-state index contributed by atoms with van der Waals surface area (Å²) in [5.74, 6) is -0.242. The number of hydrogen-bond acceptors (Lipinski definition) is 5. The number of rotatable bonds is 7. The fourth-order valence-corrected chi connectivity index (χ4v) is 2.73. The van der Waals surface area contributed by atoms with Gasteiger partial charge in [0.25, 0.3) is 0 Å². The number of nitrogens with zero attached hydrogens (tertiary/aromatic N) is 1. The van der Waals surface area contributed by atoms with Crippen LogP contribution in [0.5, 0.6) is 5.75 Å². The molecule has 0 saturated carbocycles. The van der Waals surface area contributed by atoms with Crippen LogP contribution in [-0.4, -0.2) is 33.8 Å². The minimum atomic E-state index is -0.467. The van der Waals surface area contributed by atoms with E-state index in [1.165, 1.54) is 6.92 Å². The molecule has 2 aromatic carbocycles. The van der Waals surface area contributed by atoms with Gasteiger partial charge in [0.2, 0.25) is 0 Å². The summed E-state index contributed by atoms with van der Waals surface area (Å²) >= 11 is 0. The molecule has 0 aliphatic carbocycles. The number of carbonyl (C=O) groups excluding carboxylic acids is 2. The minimum Gasteiger partial charge on any atom is -0.426 e. The second kappa shape index (κ2) is 8.93. The molecule has 5 nitrogen and oxygen atoms in total. The molecule has 5 heteroatoms. The Labute approximate surface area is 160 Å². The van der Waals surface area contributed by atoms with Crippen molar-refractivity contribution in [3.8, 4) is 5.75 Å². The van der Waals surface area contributed by atoms with Crippen molar-refractivity contribution in [2.45, 2.75) is 46.4 Å². The van der Waals surface area contributed by atoms with Crippen LogP contribution in [0.25, 0.3) is 0 Å². The zero-order valence-corrected chi connectivity index (χ0v) is 16.4. The first-order valence-corrected chi connectivity index (χ1v) is 8.95. The summed E-state index contributed by atoms with van der Waals surface area (Å²) in [6.45, 7) is 8.12. The van der Waals surface area contributed by atoms with Gasteiger partial charge in [-0.2, -0.15) is 0 Å². The normalized spacial score (nSPS) is 11.5. The number of aliphatic hydroxyl groups excluding tert-OH is 1. The summed E-state index contributed by atoms with van der Waals surface area (Å²) in [5.41, 5.74) is 1.85. The fraction of sp³-hybridized carbons (Fsp3) is 0.364. The summed E-state index contributed by atoms with van der Waals surface area (Å²) in [6, 6.07) is 14.8. The third-order valence-electron chi connectivity index (χ3n) is 4.31. The lowest BCUT2D eigenvalue weighted by Crippen LogP contribution is -2.43. The number of esters is 1. The van der Waals surface area contributed by atoms with E-state index in [0.29, 0.717) is 17.7 Å². The molecule has 144 valence electrons. The molecule has 0 saturated heterocycles. The van der Waals surface area contributed by atoms with Crippen molar-refractivity contribution in [2.24, 2.45) is 0 Å². The van der Waals surface area contributed by atoms with Gasteiger partial charge in [0.05, 0.1) is 13.2 Å². The van der Waals surface area contributed by atoms with Crippen LogP contribution >= 0.6 is 0 Å². The maximum Gasteiger partial charge on any atom is 0.308 e. The van der Waals surface area contributed by atoms with Crippen molar-refractivity contribution < 1.29 is 19.4 Å². The van der Waals surface area contributed by atoms with E-state index in [1.54, 1.807) is 18.2 Å². The minimum absolute atomic E-state index is 0.0510. The quantitative estimate of drug-likeness (QED) is 0.459. The van der Waals surface area contributed by atoms with Gasteiger partial charge in [0.15, 0.2) is 5.78 Å². The molecule has 27 heavy (non-hydrogen) atoms. The molecule has 2 aromatic rings. The highest BCUT2D eigenvalue weighted by atomic mass is 16.5. The van der Waals surface area contributed by atoms with Gasteiger partial charge < -0.3 is 9.84 Å². The van der Waals surface area contributed by atoms with E-state index in [1.807, 2.05) is 30.3 Å². The number of hydrogen-bond donors (Lipinski definition) is 1. The monoisotopic (exact) mass is 369 g/mol. The van der Waals surface area contributed by atoms with E-state index in [2.05, 4.69) is 25.7 Å². The highest BCUT2D eigenvalue weighted by Gasteiger charge is 2.24. The van der Waals surface area contributed by atoms with Crippen molar-refractivity contribution >= 4 is 11.8 Å². The molecule has 0 aliphatic rings. The van der Waals surface area contributed by atoms with E-state index in [4.69, 9.17) is 4.74 Å². The largest absolute Gasteiger partial charge is 0.426 e. The Morgan fingerprint density at radius 2 is 1.74 bits per heavy atom. The standard InChI is InChI=1S/C22H27NO4/c1-16(25)27-21-11-10-18(12-19(21)15-24)20(26)14-23(22(2,3)4)13-17-8-6-5-7-9-17/h5-12,24H,13-15H2,1-4H3. The van der Waals surface area contributed by atoms with Crippen LogP contribution < -0.4 is 4.74 Å². The zero-order chi connectivity index (χ0) is 20.0. The molecular weight excluding hydrogens is 342 g/mol. The molecule has 0 bridgehead atoms. The second-order valence-electron chi connectivity index (χ2n) is 7.51. The van der Waals surface area contributed by atoms with Crippen LogP contribution in [0.15, 0.2) is 48.5 Å². The highest BCUT2D eigenvalue weighted by molar-refractivity contribution is 5.98. The Morgan fingerprint density at radius 1 is 1.07 bits per heavy atom. The molecule has 0 spiro atoms. The van der Waals surface area contributed by atoms with Gasteiger partial charge in [0.1, 0.15) is 5.75 Å². The van der Waals surface area contributed by atoms with Gasteiger partial charge in [-0.05, 0) is 44.5 Å². The van der Waals surface area contributed by atoms with Crippen LogP contribution in [-0.2, 0) is 17.9 Å². The van der Waals surface area contributed by atoms with Crippen molar-refractivity contribution in [2.75, 3.05) is 6.54 Å². The Hall–Kier alpha value is -2.50. The van der Waals surface area contributed by atoms with Crippen LogP contribution in [0.2, 0.25) is 0 Å². The maximum absolute atomic E-state index is 12.9. The molecule has 1 N–H and O–H groups in total. The number of aliphatic hydroxyl groups is 1. The second-order valence-corrected chi connectivity index (χ2v) is 7.51.